The number of rotatable bonds is 3. The van der Waals surface area contributed by atoms with E-state index < -0.39 is 10.0 Å². The van der Waals surface area contributed by atoms with E-state index in [1.165, 1.54) is 18.5 Å². The molecule has 6 nitrogen and oxygen atoms in total. The Bertz CT molecular complexity index is 667. The van der Waals surface area contributed by atoms with E-state index in [0.717, 1.165) is 0 Å². The number of aromatic amines is 1. The lowest BCUT2D eigenvalue weighted by molar-refractivity contribution is 0.600. The predicted octanol–water partition coefficient (Wildman–Crippen LogP) is 1.86. The topological polar surface area (TPSA) is 101 Å². The molecule has 0 saturated heterocycles. The summed E-state index contributed by atoms with van der Waals surface area (Å²) in [7, 11) is -3.71. The van der Waals surface area contributed by atoms with Gasteiger partial charge in [0.25, 0.3) is 10.0 Å². The number of imidazole rings is 1. The highest BCUT2D eigenvalue weighted by Gasteiger charge is 2.20. The number of nitrogens with one attached hydrogen (secondary N) is 2. The van der Waals surface area contributed by atoms with Crippen LogP contribution in [0.1, 0.15) is 5.56 Å². The molecule has 0 spiro atoms. The maximum absolute atomic E-state index is 12.2. The summed E-state index contributed by atoms with van der Waals surface area (Å²) in [5, 5.41) is 0. The summed E-state index contributed by atoms with van der Waals surface area (Å²) < 4.78 is 27.3. The molecule has 2 rings (SSSR count). The molecule has 18 heavy (non-hydrogen) atoms. The van der Waals surface area contributed by atoms with Crippen LogP contribution in [-0.4, -0.2) is 18.4 Å². The van der Waals surface area contributed by atoms with Gasteiger partial charge in [-0.05, 0) is 24.6 Å². The normalized spacial score (nSPS) is 11.4. The number of H-pyrrole nitrogens is 1. The fraction of sp³-hybridized carbons (Fsp3) is 0.100. The van der Waals surface area contributed by atoms with Gasteiger partial charge in [0.1, 0.15) is 0 Å². The van der Waals surface area contributed by atoms with Crippen LogP contribution in [0.2, 0.25) is 0 Å². The lowest BCUT2D eigenvalue weighted by atomic mass is 10.2. The number of hydrogen-bond acceptors (Lipinski definition) is 4. The molecule has 0 amide bonds. The summed E-state index contributed by atoms with van der Waals surface area (Å²) in [6.07, 6.45) is 2.99. The number of nitrogens with zero attached hydrogens (tertiary/aromatic N) is 1. The van der Waals surface area contributed by atoms with Crippen LogP contribution in [0.5, 0.6) is 0 Å². The minimum Gasteiger partial charge on any atom is -0.398 e. The van der Waals surface area contributed by atoms with E-state index >= 15 is 0 Å². The summed E-state index contributed by atoms with van der Waals surface area (Å²) in [5.74, 6) is 0.160. The SMILES string of the molecule is Cc1c(N)cc(Br)cc1S(=O)(=O)Nc1ncc[nH]1. The van der Waals surface area contributed by atoms with Gasteiger partial charge in [0.15, 0.2) is 0 Å². The van der Waals surface area contributed by atoms with Gasteiger partial charge in [-0.3, -0.25) is 0 Å². The van der Waals surface area contributed by atoms with Crippen molar-refractivity contribution in [2.45, 2.75) is 11.8 Å². The smallest absolute Gasteiger partial charge is 0.264 e. The molecular weight excluding hydrogens is 320 g/mol. The first kappa shape index (κ1) is 12.9. The lowest BCUT2D eigenvalue weighted by Crippen LogP contribution is -2.16. The number of halogens is 1. The maximum atomic E-state index is 12.2. The minimum absolute atomic E-state index is 0.116. The van der Waals surface area contributed by atoms with Crippen LogP contribution in [0.3, 0.4) is 0 Å². The quantitative estimate of drug-likeness (QED) is 0.747. The van der Waals surface area contributed by atoms with E-state index in [4.69, 9.17) is 5.73 Å². The third-order valence-corrected chi connectivity index (χ3v) is 4.31. The minimum atomic E-state index is -3.71. The molecule has 0 fully saturated rings. The van der Waals surface area contributed by atoms with Crippen molar-refractivity contribution in [1.82, 2.24) is 9.97 Å². The third kappa shape index (κ3) is 2.49. The summed E-state index contributed by atoms with van der Waals surface area (Å²) in [6, 6.07) is 3.15. The second kappa shape index (κ2) is 4.62. The summed E-state index contributed by atoms with van der Waals surface area (Å²) >= 11 is 3.22. The lowest BCUT2D eigenvalue weighted by Gasteiger charge is -2.11. The van der Waals surface area contributed by atoms with E-state index in [9.17, 15) is 8.42 Å². The molecule has 0 aliphatic rings. The van der Waals surface area contributed by atoms with Crippen LogP contribution in [0, 0.1) is 6.92 Å². The number of anilines is 2. The second-order valence-electron chi connectivity index (χ2n) is 3.66. The first-order chi connectivity index (χ1) is 8.40. The number of sulfonamides is 1. The molecular formula is C10H11BrN4O2S. The van der Waals surface area contributed by atoms with Gasteiger partial charge < -0.3 is 10.7 Å². The molecule has 0 atom stereocenters. The molecule has 0 aliphatic heterocycles. The van der Waals surface area contributed by atoms with Gasteiger partial charge in [-0.15, -0.1) is 0 Å². The zero-order valence-corrected chi connectivity index (χ0v) is 11.8. The molecule has 1 aromatic heterocycles. The zero-order valence-electron chi connectivity index (χ0n) is 9.44. The Morgan fingerprint density at radius 2 is 2.17 bits per heavy atom. The Morgan fingerprint density at radius 3 is 2.78 bits per heavy atom. The average molecular weight is 331 g/mol. The van der Waals surface area contributed by atoms with Crippen LogP contribution in [0.4, 0.5) is 11.6 Å². The largest absolute Gasteiger partial charge is 0.398 e. The highest BCUT2D eigenvalue weighted by Crippen LogP contribution is 2.27. The van der Waals surface area contributed by atoms with Gasteiger partial charge in [0, 0.05) is 22.6 Å². The van der Waals surface area contributed by atoms with Crippen LogP contribution in [0.15, 0.2) is 33.9 Å². The standard InChI is InChI=1S/C10H11BrN4O2S/c1-6-8(12)4-7(11)5-9(6)18(16,17)15-10-13-2-3-14-10/h2-5H,12H2,1H3,(H2,13,14,15). The molecule has 0 bridgehead atoms. The fourth-order valence-electron chi connectivity index (χ4n) is 1.46. The van der Waals surface area contributed by atoms with Crippen molar-refractivity contribution in [3.63, 3.8) is 0 Å². The van der Waals surface area contributed by atoms with Crippen molar-refractivity contribution in [1.29, 1.82) is 0 Å². The van der Waals surface area contributed by atoms with E-state index in [1.807, 2.05) is 0 Å². The van der Waals surface area contributed by atoms with Gasteiger partial charge in [0.2, 0.25) is 5.95 Å². The molecule has 96 valence electrons. The Kier molecular flexibility index (Phi) is 3.31. The molecule has 1 aromatic carbocycles. The number of nitrogen functional groups attached to an aromatic ring is 1. The molecule has 0 saturated carbocycles. The van der Waals surface area contributed by atoms with Gasteiger partial charge in [0.05, 0.1) is 4.90 Å². The fourth-order valence-corrected chi connectivity index (χ4v) is 3.36. The van der Waals surface area contributed by atoms with E-state index in [2.05, 4.69) is 30.6 Å². The van der Waals surface area contributed by atoms with Crippen LogP contribution < -0.4 is 10.5 Å². The Hall–Kier alpha value is -1.54. The van der Waals surface area contributed by atoms with Crippen LogP contribution >= 0.6 is 15.9 Å². The highest BCUT2D eigenvalue weighted by molar-refractivity contribution is 9.10. The van der Waals surface area contributed by atoms with Crippen molar-refractivity contribution in [3.8, 4) is 0 Å². The van der Waals surface area contributed by atoms with Gasteiger partial charge in [-0.25, -0.2) is 18.1 Å². The molecule has 8 heteroatoms. The summed E-state index contributed by atoms with van der Waals surface area (Å²) in [6.45, 7) is 1.65. The zero-order chi connectivity index (χ0) is 13.3. The molecule has 4 N–H and O–H groups in total. The molecule has 0 aliphatic carbocycles. The number of aromatic nitrogens is 2. The van der Waals surface area contributed by atoms with Gasteiger partial charge in [-0.2, -0.15) is 0 Å². The Balaban J connectivity index is 2.48. The molecule has 1 heterocycles. The van der Waals surface area contributed by atoms with Crippen molar-refractivity contribution < 1.29 is 8.42 Å². The summed E-state index contributed by atoms with van der Waals surface area (Å²) in [5.41, 5.74) is 6.65. The Labute approximate surface area is 113 Å². The number of hydrogen-bond donors (Lipinski definition) is 3. The van der Waals surface area contributed by atoms with Crippen molar-refractivity contribution >= 4 is 37.6 Å². The summed E-state index contributed by atoms with van der Waals surface area (Å²) in [4.78, 5) is 6.60. The van der Waals surface area contributed by atoms with Crippen LogP contribution in [-0.2, 0) is 10.0 Å². The average Bonchev–Trinajstić information content (AvgIpc) is 2.75. The predicted molar refractivity (Wildman–Crippen MR) is 72.7 cm³/mol. The number of nitrogens with two attached hydrogens (primary N) is 1. The first-order valence-electron chi connectivity index (χ1n) is 4.98. The molecule has 2 aromatic rings. The van der Waals surface area contributed by atoms with Crippen molar-refractivity contribution in [2.75, 3.05) is 10.5 Å². The van der Waals surface area contributed by atoms with E-state index in [1.54, 1.807) is 13.0 Å². The van der Waals surface area contributed by atoms with Crippen LogP contribution in [0.25, 0.3) is 0 Å². The second-order valence-corrected chi connectivity index (χ2v) is 6.23. The van der Waals surface area contributed by atoms with E-state index in [-0.39, 0.29) is 10.8 Å². The van der Waals surface area contributed by atoms with Gasteiger partial charge in [-0.1, -0.05) is 15.9 Å². The first-order valence-corrected chi connectivity index (χ1v) is 7.25. The Morgan fingerprint density at radius 1 is 1.44 bits per heavy atom. The van der Waals surface area contributed by atoms with Gasteiger partial charge >= 0.3 is 0 Å². The number of benzene rings is 1. The molecule has 0 radical (unpaired) electrons. The monoisotopic (exact) mass is 330 g/mol. The molecule has 0 unspecified atom stereocenters. The third-order valence-electron chi connectivity index (χ3n) is 2.38. The highest BCUT2D eigenvalue weighted by atomic mass is 79.9. The van der Waals surface area contributed by atoms with Crippen molar-refractivity contribution in [2.24, 2.45) is 0 Å². The maximum Gasteiger partial charge on any atom is 0.264 e. The van der Waals surface area contributed by atoms with Crippen molar-refractivity contribution in [3.05, 3.63) is 34.6 Å². The van der Waals surface area contributed by atoms with E-state index in [0.29, 0.717) is 15.7 Å².